The quantitative estimate of drug-likeness (QED) is 0.140. The van der Waals surface area contributed by atoms with Gasteiger partial charge in [-0.3, -0.25) is 0 Å². The van der Waals surface area contributed by atoms with Crippen LogP contribution in [0.5, 0.6) is 0 Å². The van der Waals surface area contributed by atoms with Gasteiger partial charge in [0, 0.05) is 33.2 Å². The minimum atomic E-state index is 1.12. The van der Waals surface area contributed by atoms with E-state index in [0.717, 1.165) is 22.7 Å². The molecule has 0 fully saturated rings. The standard InChI is InChI=1S/C52H36N2.C5H8/c1-4-14-37(15-5-1)39-26-31-43(32-27-39)53(42-18-8-3-9-19-42)50-25-13-22-46-45(21-12-23-47(46)50)41-30-35-52-49(36-41)48-20-10-11-24-51(48)54(52)44-33-28-40(29-34-44)38-16-6-2-7-17-38;1-3-5-4-2/h1-36H;3-5H,1H2,2H3/b;5-4-. The Labute approximate surface area is 346 Å². The highest BCUT2D eigenvalue weighted by molar-refractivity contribution is 6.12. The molecule has 282 valence electrons. The largest absolute Gasteiger partial charge is 0.310 e. The maximum atomic E-state index is 3.46. The van der Waals surface area contributed by atoms with E-state index in [9.17, 15) is 0 Å². The third-order valence-corrected chi connectivity index (χ3v) is 10.9. The number of hydrogen-bond acceptors (Lipinski definition) is 1. The summed E-state index contributed by atoms with van der Waals surface area (Å²) < 4.78 is 2.39. The minimum absolute atomic E-state index is 1.12. The fourth-order valence-electron chi connectivity index (χ4n) is 8.17. The van der Waals surface area contributed by atoms with Gasteiger partial charge in [0.25, 0.3) is 0 Å². The van der Waals surface area contributed by atoms with Crippen molar-refractivity contribution in [2.45, 2.75) is 6.92 Å². The van der Waals surface area contributed by atoms with E-state index in [-0.39, 0.29) is 0 Å². The number of benzene rings is 9. The molecule has 0 N–H and O–H groups in total. The predicted octanol–water partition coefficient (Wildman–Crippen LogP) is 16.2. The second-order valence-electron chi connectivity index (χ2n) is 14.5. The molecule has 2 heteroatoms. The molecule has 0 amide bonds. The van der Waals surface area contributed by atoms with Gasteiger partial charge in [-0.2, -0.15) is 0 Å². The molecule has 0 unspecified atom stereocenters. The van der Waals surface area contributed by atoms with Crippen LogP contribution in [0.15, 0.2) is 243 Å². The summed E-state index contributed by atoms with van der Waals surface area (Å²) in [5.41, 5.74) is 14.2. The molecule has 0 aliphatic heterocycles. The van der Waals surface area contributed by atoms with E-state index >= 15 is 0 Å². The van der Waals surface area contributed by atoms with E-state index in [0.29, 0.717) is 0 Å². The molecule has 59 heavy (non-hydrogen) atoms. The van der Waals surface area contributed by atoms with Crippen molar-refractivity contribution in [3.8, 4) is 39.1 Å². The SMILES string of the molecule is C=C/C=C\C.c1ccc(-c2ccc(N(c3ccccc3)c3cccc4c(-c5ccc6c(c5)c5ccccc5n6-c5ccc(-c6ccccc6)cc5)cccc34)cc2)cc1. The topological polar surface area (TPSA) is 8.17 Å². The molecule has 0 spiro atoms. The van der Waals surface area contributed by atoms with Gasteiger partial charge < -0.3 is 9.47 Å². The molecule has 1 heterocycles. The van der Waals surface area contributed by atoms with E-state index in [1.165, 1.54) is 66.0 Å². The first-order valence-electron chi connectivity index (χ1n) is 20.2. The van der Waals surface area contributed by atoms with Gasteiger partial charge in [-0.15, -0.1) is 0 Å². The maximum absolute atomic E-state index is 3.46. The smallest absolute Gasteiger partial charge is 0.0541 e. The van der Waals surface area contributed by atoms with Crippen molar-refractivity contribution in [3.05, 3.63) is 243 Å². The van der Waals surface area contributed by atoms with Crippen LogP contribution in [0.3, 0.4) is 0 Å². The lowest BCUT2D eigenvalue weighted by atomic mass is 9.95. The first-order chi connectivity index (χ1) is 29.2. The molecule has 0 aliphatic rings. The molecule has 0 saturated carbocycles. The lowest BCUT2D eigenvalue weighted by Gasteiger charge is -2.27. The molecule has 10 rings (SSSR count). The summed E-state index contributed by atoms with van der Waals surface area (Å²) in [4.78, 5) is 2.38. The fraction of sp³-hybridized carbons (Fsp3) is 0.0175. The summed E-state index contributed by atoms with van der Waals surface area (Å²) in [6.07, 6.45) is 5.58. The molecular weight excluding hydrogens is 713 g/mol. The van der Waals surface area contributed by atoms with Crippen LogP contribution in [0.4, 0.5) is 17.1 Å². The lowest BCUT2D eigenvalue weighted by molar-refractivity contribution is 1.18. The van der Waals surface area contributed by atoms with E-state index in [1.807, 2.05) is 19.1 Å². The molecule has 10 aromatic rings. The van der Waals surface area contributed by atoms with Gasteiger partial charge in [-0.25, -0.2) is 0 Å². The summed E-state index contributed by atoms with van der Waals surface area (Å²) in [7, 11) is 0. The van der Waals surface area contributed by atoms with Crippen LogP contribution in [0.25, 0.3) is 71.6 Å². The van der Waals surface area contributed by atoms with Crippen LogP contribution in [0.2, 0.25) is 0 Å². The molecule has 9 aromatic carbocycles. The maximum Gasteiger partial charge on any atom is 0.0541 e. The lowest BCUT2D eigenvalue weighted by Crippen LogP contribution is -2.10. The molecule has 2 nitrogen and oxygen atoms in total. The zero-order valence-electron chi connectivity index (χ0n) is 33.1. The number of fused-ring (bicyclic) bond motifs is 4. The third kappa shape index (κ3) is 7.36. The van der Waals surface area contributed by atoms with Crippen LogP contribution in [0, 0.1) is 0 Å². The van der Waals surface area contributed by atoms with Gasteiger partial charge in [0.05, 0.1) is 16.7 Å². The Bertz CT molecular complexity index is 3030. The van der Waals surface area contributed by atoms with E-state index < -0.39 is 0 Å². The second-order valence-corrected chi connectivity index (χ2v) is 14.5. The summed E-state index contributed by atoms with van der Waals surface area (Å²) in [6, 6.07) is 78.8. The van der Waals surface area contributed by atoms with Gasteiger partial charge >= 0.3 is 0 Å². The number of para-hydroxylation sites is 2. The van der Waals surface area contributed by atoms with Crippen LogP contribution in [-0.2, 0) is 0 Å². The van der Waals surface area contributed by atoms with Gasteiger partial charge in [-0.1, -0.05) is 183 Å². The zero-order chi connectivity index (χ0) is 40.0. The summed E-state index contributed by atoms with van der Waals surface area (Å²) in [5, 5.41) is 4.91. The van der Waals surface area contributed by atoms with Crippen LogP contribution >= 0.6 is 0 Å². The number of nitrogens with zero attached hydrogens (tertiary/aromatic N) is 2. The number of hydrogen-bond donors (Lipinski definition) is 0. The van der Waals surface area contributed by atoms with Gasteiger partial charge in [0.15, 0.2) is 0 Å². The van der Waals surface area contributed by atoms with Crippen molar-refractivity contribution < 1.29 is 0 Å². The van der Waals surface area contributed by atoms with Crippen LogP contribution in [-0.4, -0.2) is 4.57 Å². The molecule has 0 saturated heterocycles. The van der Waals surface area contributed by atoms with Crippen molar-refractivity contribution in [1.29, 1.82) is 0 Å². The van der Waals surface area contributed by atoms with E-state index in [4.69, 9.17) is 0 Å². The average molecular weight is 757 g/mol. The first kappa shape index (κ1) is 36.9. The predicted molar refractivity (Wildman–Crippen MR) is 254 cm³/mol. The van der Waals surface area contributed by atoms with Crippen molar-refractivity contribution >= 4 is 49.6 Å². The second kappa shape index (κ2) is 16.8. The molecule has 0 atom stereocenters. The van der Waals surface area contributed by atoms with Crippen LogP contribution in [0.1, 0.15) is 6.92 Å². The Morgan fingerprint density at radius 1 is 0.407 bits per heavy atom. The molecule has 0 aliphatic carbocycles. The Morgan fingerprint density at radius 2 is 0.915 bits per heavy atom. The van der Waals surface area contributed by atoms with Crippen molar-refractivity contribution in [2.24, 2.45) is 0 Å². The number of anilines is 3. The van der Waals surface area contributed by atoms with Crippen molar-refractivity contribution in [1.82, 2.24) is 4.57 Å². The summed E-state index contributed by atoms with van der Waals surface area (Å²) in [6.45, 7) is 5.42. The zero-order valence-corrected chi connectivity index (χ0v) is 33.1. The Balaban J connectivity index is 0.000000849. The molecule has 0 radical (unpaired) electrons. The van der Waals surface area contributed by atoms with Gasteiger partial charge in [-0.05, 0) is 106 Å². The molecular formula is C57H44N2. The highest BCUT2D eigenvalue weighted by Crippen LogP contribution is 2.43. The summed E-state index contributed by atoms with van der Waals surface area (Å²) in [5.74, 6) is 0. The Hall–Kier alpha value is -7.68. The van der Waals surface area contributed by atoms with Gasteiger partial charge in [0.1, 0.15) is 0 Å². The minimum Gasteiger partial charge on any atom is -0.310 e. The van der Waals surface area contributed by atoms with Crippen molar-refractivity contribution in [3.63, 3.8) is 0 Å². The van der Waals surface area contributed by atoms with Gasteiger partial charge in [0.2, 0.25) is 0 Å². The third-order valence-electron chi connectivity index (χ3n) is 10.9. The highest BCUT2D eigenvalue weighted by atomic mass is 15.1. The normalized spacial score (nSPS) is 11.1. The Kier molecular flexibility index (Phi) is 10.5. The fourth-order valence-corrected chi connectivity index (χ4v) is 8.17. The number of allylic oxidation sites excluding steroid dienone is 3. The van der Waals surface area contributed by atoms with E-state index in [1.54, 1.807) is 6.08 Å². The monoisotopic (exact) mass is 756 g/mol. The van der Waals surface area contributed by atoms with Crippen molar-refractivity contribution in [2.75, 3.05) is 4.90 Å². The Morgan fingerprint density at radius 3 is 1.56 bits per heavy atom. The first-order valence-corrected chi connectivity index (χ1v) is 20.2. The highest BCUT2D eigenvalue weighted by Gasteiger charge is 2.18. The summed E-state index contributed by atoms with van der Waals surface area (Å²) >= 11 is 0. The number of rotatable bonds is 8. The molecule has 1 aromatic heterocycles. The molecule has 0 bridgehead atoms. The van der Waals surface area contributed by atoms with E-state index in [2.05, 4.69) is 234 Å². The van der Waals surface area contributed by atoms with Crippen LogP contribution < -0.4 is 4.90 Å². The average Bonchev–Trinajstić information content (AvgIpc) is 3.64. The number of aromatic nitrogens is 1.